The lowest BCUT2D eigenvalue weighted by Gasteiger charge is -2.25. The Morgan fingerprint density at radius 3 is 2.32 bits per heavy atom. The molecule has 0 aromatic heterocycles. The van der Waals surface area contributed by atoms with Gasteiger partial charge in [0.2, 0.25) is 0 Å². The maximum atomic E-state index is 12.3. The third-order valence-electron chi connectivity index (χ3n) is 3.42. The van der Waals surface area contributed by atoms with Crippen LogP contribution in [0.5, 0.6) is 0 Å². The lowest BCUT2D eigenvalue weighted by molar-refractivity contribution is -0.116. The Bertz CT molecular complexity index is 511. The smallest absolute Gasteiger partial charge is 0.252 e. The molecule has 0 spiro atoms. The molecule has 1 aromatic carbocycles. The molecule has 0 aliphatic carbocycles. The molecule has 1 aromatic rings. The fraction of sp³-hybridized carbons (Fsp3) is 0.467. The summed E-state index contributed by atoms with van der Waals surface area (Å²) in [6, 6.07) is 8.24. The molecule has 0 atom stereocenters. The van der Waals surface area contributed by atoms with Gasteiger partial charge in [0.1, 0.15) is 6.54 Å². The van der Waals surface area contributed by atoms with Gasteiger partial charge in [-0.1, -0.05) is 32.0 Å². The van der Waals surface area contributed by atoms with E-state index in [0.717, 1.165) is 11.3 Å². The summed E-state index contributed by atoms with van der Waals surface area (Å²) in [7, 11) is 0. The highest BCUT2D eigenvalue weighted by atomic mass is 32.1. The third-order valence-corrected chi connectivity index (χ3v) is 3.83. The molecule has 1 aliphatic heterocycles. The van der Waals surface area contributed by atoms with E-state index in [1.54, 1.807) is 4.90 Å². The minimum Gasteiger partial charge on any atom is -0.337 e. The monoisotopic (exact) mass is 276 g/mol. The van der Waals surface area contributed by atoms with Crippen LogP contribution in [0.1, 0.15) is 39.2 Å². The predicted octanol–water partition coefficient (Wildman–Crippen LogP) is 3.15. The second-order valence-electron chi connectivity index (χ2n) is 5.45. The van der Waals surface area contributed by atoms with Crippen molar-refractivity contribution in [3.63, 3.8) is 0 Å². The lowest BCUT2D eigenvalue weighted by atomic mass is 10.0. The van der Waals surface area contributed by atoms with E-state index in [1.165, 1.54) is 0 Å². The number of hydrogen-bond acceptors (Lipinski definition) is 2. The highest BCUT2D eigenvalue weighted by Crippen LogP contribution is 2.30. The van der Waals surface area contributed by atoms with E-state index in [1.807, 2.05) is 23.1 Å². The minimum atomic E-state index is 0.0619. The van der Waals surface area contributed by atoms with Gasteiger partial charge in [-0.05, 0) is 43.6 Å². The molecule has 19 heavy (non-hydrogen) atoms. The summed E-state index contributed by atoms with van der Waals surface area (Å²) in [5.41, 5.74) is 2.08. The van der Waals surface area contributed by atoms with E-state index in [4.69, 9.17) is 12.2 Å². The summed E-state index contributed by atoms with van der Waals surface area (Å²) in [6.45, 7) is 8.74. The van der Waals surface area contributed by atoms with Crippen molar-refractivity contribution in [2.24, 2.45) is 0 Å². The Balaban J connectivity index is 2.42. The van der Waals surface area contributed by atoms with Crippen molar-refractivity contribution in [2.75, 3.05) is 11.4 Å². The number of benzene rings is 1. The Labute approximate surface area is 120 Å². The second kappa shape index (κ2) is 5.29. The van der Waals surface area contributed by atoms with Gasteiger partial charge in [0.05, 0.1) is 5.69 Å². The topological polar surface area (TPSA) is 23.6 Å². The zero-order valence-electron chi connectivity index (χ0n) is 11.9. The molecule has 0 radical (unpaired) electrons. The first-order valence-electron chi connectivity index (χ1n) is 6.66. The van der Waals surface area contributed by atoms with Crippen molar-refractivity contribution >= 4 is 28.9 Å². The molecule has 0 N–H and O–H groups in total. The maximum absolute atomic E-state index is 12.3. The third kappa shape index (κ3) is 2.50. The molecule has 2 rings (SSSR count). The number of hydrogen-bond donors (Lipinski definition) is 0. The Hall–Kier alpha value is -1.42. The summed E-state index contributed by atoms with van der Waals surface area (Å²) >= 11 is 5.47. The standard InChI is InChI=1S/C15H20N2OS/c1-10(2)12-7-5-6-8-13(12)17-14(18)9-16(11(3)4)15(17)19/h5-8,10-11H,9H2,1-4H3. The zero-order valence-corrected chi connectivity index (χ0v) is 12.7. The zero-order chi connectivity index (χ0) is 14.2. The van der Waals surface area contributed by atoms with Crippen LogP contribution in [-0.4, -0.2) is 28.5 Å². The normalized spacial score (nSPS) is 16.1. The minimum absolute atomic E-state index is 0.0619. The van der Waals surface area contributed by atoms with Gasteiger partial charge in [0, 0.05) is 6.04 Å². The molecular weight excluding hydrogens is 256 g/mol. The molecule has 0 saturated carbocycles. The molecule has 102 valence electrons. The Kier molecular flexibility index (Phi) is 3.90. The van der Waals surface area contributed by atoms with Crippen LogP contribution in [0, 0.1) is 0 Å². The maximum Gasteiger partial charge on any atom is 0.252 e. The van der Waals surface area contributed by atoms with Gasteiger partial charge < -0.3 is 4.90 Å². The largest absolute Gasteiger partial charge is 0.337 e. The summed E-state index contributed by atoms with van der Waals surface area (Å²) in [5, 5.41) is 0.619. The van der Waals surface area contributed by atoms with Crippen LogP contribution in [0.3, 0.4) is 0 Å². The van der Waals surface area contributed by atoms with E-state index in [9.17, 15) is 4.79 Å². The number of thiocarbonyl (C=S) groups is 1. The van der Waals surface area contributed by atoms with Crippen molar-refractivity contribution in [3.05, 3.63) is 29.8 Å². The summed E-state index contributed by atoms with van der Waals surface area (Å²) in [6.07, 6.45) is 0. The van der Waals surface area contributed by atoms with Crippen LogP contribution in [0.4, 0.5) is 5.69 Å². The van der Waals surface area contributed by atoms with Crippen molar-refractivity contribution in [1.82, 2.24) is 4.90 Å². The molecule has 1 amide bonds. The first-order chi connectivity index (χ1) is 8.93. The van der Waals surface area contributed by atoms with E-state index in [2.05, 4.69) is 33.8 Å². The number of anilines is 1. The molecular formula is C15H20N2OS. The number of nitrogens with zero attached hydrogens (tertiary/aromatic N) is 2. The lowest BCUT2D eigenvalue weighted by Crippen LogP contribution is -2.36. The van der Waals surface area contributed by atoms with Gasteiger partial charge in [-0.15, -0.1) is 0 Å². The first kappa shape index (κ1) is 14.0. The Morgan fingerprint density at radius 1 is 1.16 bits per heavy atom. The van der Waals surface area contributed by atoms with Crippen LogP contribution < -0.4 is 4.90 Å². The quantitative estimate of drug-likeness (QED) is 0.792. The first-order valence-corrected chi connectivity index (χ1v) is 7.06. The van der Waals surface area contributed by atoms with E-state index in [-0.39, 0.29) is 11.9 Å². The van der Waals surface area contributed by atoms with Crippen molar-refractivity contribution in [3.8, 4) is 0 Å². The number of amides is 1. The highest BCUT2D eigenvalue weighted by molar-refractivity contribution is 7.80. The highest BCUT2D eigenvalue weighted by Gasteiger charge is 2.36. The number of para-hydroxylation sites is 1. The van der Waals surface area contributed by atoms with Crippen LogP contribution >= 0.6 is 12.2 Å². The molecule has 1 fully saturated rings. The van der Waals surface area contributed by atoms with Gasteiger partial charge in [-0.25, -0.2) is 0 Å². The molecule has 1 saturated heterocycles. The van der Waals surface area contributed by atoms with Crippen molar-refractivity contribution in [1.29, 1.82) is 0 Å². The Morgan fingerprint density at radius 2 is 1.79 bits per heavy atom. The van der Waals surface area contributed by atoms with E-state index < -0.39 is 0 Å². The van der Waals surface area contributed by atoms with Gasteiger partial charge in [0.25, 0.3) is 5.91 Å². The molecule has 4 heteroatoms. The molecule has 1 heterocycles. The molecule has 0 unspecified atom stereocenters. The van der Waals surface area contributed by atoms with Crippen LogP contribution in [0.2, 0.25) is 0 Å². The van der Waals surface area contributed by atoms with Gasteiger partial charge in [0.15, 0.2) is 5.11 Å². The average Bonchev–Trinajstić information content (AvgIpc) is 2.65. The average molecular weight is 276 g/mol. The predicted molar refractivity (Wildman–Crippen MR) is 82.5 cm³/mol. The van der Waals surface area contributed by atoms with E-state index >= 15 is 0 Å². The summed E-state index contributed by atoms with van der Waals surface area (Å²) in [5.74, 6) is 0.423. The fourth-order valence-electron chi connectivity index (χ4n) is 2.34. The van der Waals surface area contributed by atoms with Gasteiger partial charge >= 0.3 is 0 Å². The SMILES string of the molecule is CC(C)c1ccccc1N1C(=O)CN(C(C)C)C1=S. The van der Waals surface area contributed by atoms with Crippen LogP contribution in [0.25, 0.3) is 0 Å². The molecule has 3 nitrogen and oxygen atoms in total. The second-order valence-corrected chi connectivity index (χ2v) is 5.81. The summed E-state index contributed by atoms with van der Waals surface area (Å²) in [4.78, 5) is 15.9. The van der Waals surface area contributed by atoms with E-state index in [0.29, 0.717) is 17.6 Å². The van der Waals surface area contributed by atoms with Gasteiger partial charge in [-0.2, -0.15) is 0 Å². The fourth-order valence-corrected chi connectivity index (χ4v) is 2.81. The van der Waals surface area contributed by atoms with Crippen molar-refractivity contribution in [2.45, 2.75) is 39.7 Å². The number of carbonyl (C=O) groups excluding carboxylic acids is 1. The summed E-state index contributed by atoms with van der Waals surface area (Å²) < 4.78 is 0. The van der Waals surface area contributed by atoms with Crippen LogP contribution in [-0.2, 0) is 4.79 Å². The van der Waals surface area contributed by atoms with Crippen LogP contribution in [0.15, 0.2) is 24.3 Å². The van der Waals surface area contributed by atoms with Crippen molar-refractivity contribution < 1.29 is 4.79 Å². The van der Waals surface area contributed by atoms with Gasteiger partial charge in [-0.3, -0.25) is 9.69 Å². The molecule has 1 aliphatic rings. The number of carbonyl (C=O) groups is 1. The molecule has 0 bridgehead atoms. The number of rotatable bonds is 3.